The van der Waals surface area contributed by atoms with Gasteiger partial charge in [0.1, 0.15) is 24.2 Å². The molecule has 222 valence electrons. The van der Waals surface area contributed by atoms with E-state index in [0.717, 1.165) is 11.1 Å². The third kappa shape index (κ3) is 6.52. The Kier molecular flexibility index (Phi) is 8.69. The average molecular weight is 594 g/mol. The molecule has 3 aromatic carbocycles. The molecular formula is C31H35N3O7S. The number of carbonyl (C=O) groups is 2. The molecule has 1 saturated heterocycles. The van der Waals surface area contributed by atoms with Gasteiger partial charge in [0.25, 0.3) is 15.9 Å². The van der Waals surface area contributed by atoms with Gasteiger partial charge in [-0.15, -0.1) is 0 Å². The SMILES string of the molecule is COc1ccccc1CNC(=O)C[C@H]1CC[C@H]2[C@@H](COc3ccc(NS(=O)(=O)c4ccc(C)cc4)cc3C(=O)N2C)O1. The second kappa shape index (κ2) is 12.4. The van der Waals surface area contributed by atoms with Crippen molar-refractivity contribution in [1.82, 2.24) is 10.2 Å². The maximum atomic E-state index is 13.5. The van der Waals surface area contributed by atoms with Gasteiger partial charge in [-0.3, -0.25) is 14.3 Å². The minimum Gasteiger partial charge on any atom is -0.496 e. The van der Waals surface area contributed by atoms with Gasteiger partial charge >= 0.3 is 0 Å². The Hall–Kier alpha value is -4.09. The summed E-state index contributed by atoms with van der Waals surface area (Å²) in [5.41, 5.74) is 2.36. The largest absolute Gasteiger partial charge is 0.496 e. The van der Waals surface area contributed by atoms with Crippen LogP contribution in [0.5, 0.6) is 11.5 Å². The first-order chi connectivity index (χ1) is 20.1. The Bertz CT molecular complexity index is 1560. The number of fused-ring (bicyclic) bond motifs is 2. The smallest absolute Gasteiger partial charge is 0.261 e. The van der Waals surface area contributed by atoms with Crippen molar-refractivity contribution in [3.05, 3.63) is 83.4 Å². The van der Waals surface area contributed by atoms with E-state index in [0.29, 0.717) is 30.9 Å². The van der Waals surface area contributed by atoms with Crippen LogP contribution in [-0.2, 0) is 26.1 Å². The van der Waals surface area contributed by atoms with Gasteiger partial charge in [0.2, 0.25) is 5.91 Å². The van der Waals surface area contributed by atoms with Crippen LogP contribution in [0.2, 0.25) is 0 Å². The average Bonchev–Trinajstić information content (AvgIpc) is 2.98. The number of nitrogens with one attached hydrogen (secondary N) is 2. The van der Waals surface area contributed by atoms with Gasteiger partial charge in [-0.25, -0.2) is 8.42 Å². The maximum Gasteiger partial charge on any atom is 0.261 e. The predicted octanol–water partition coefficient (Wildman–Crippen LogP) is 3.89. The number of likely N-dealkylation sites (N-methyl/N-ethyl adjacent to an activating group) is 1. The number of carbonyl (C=O) groups excluding carboxylic acids is 2. The van der Waals surface area contributed by atoms with Crippen molar-refractivity contribution in [2.75, 3.05) is 25.5 Å². The number of rotatable bonds is 8. The van der Waals surface area contributed by atoms with Crippen LogP contribution in [0.1, 0.15) is 40.7 Å². The van der Waals surface area contributed by atoms with E-state index in [1.165, 1.54) is 18.2 Å². The topological polar surface area (TPSA) is 123 Å². The summed E-state index contributed by atoms with van der Waals surface area (Å²) in [7, 11) is -0.533. The molecule has 10 nitrogen and oxygen atoms in total. The molecule has 0 spiro atoms. The molecule has 0 radical (unpaired) electrons. The van der Waals surface area contributed by atoms with Gasteiger partial charge in [0.05, 0.1) is 36.1 Å². The first kappa shape index (κ1) is 29.4. The lowest BCUT2D eigenvalue weighted by atomic mass is 9.94. The van der Waals surface area contributed by atoms with Crippen LogP contribution >= 0.6 is 0 Å². The molecule has 3 aromatic rings. The molecule has 11 heteroatoms. The van der Waals surface area contributed by atoms with Gasteiger partial charge in [0.15, 0.2) is 0 Å². The number of sulfonamides is 1. The lowest BCUT2D eigenvalue weighted by Crippen LogP contribution is -2.53. The zero-order chi connectivity index (χ0) is 29.9. The zero-order valence-electron chi connectivity index (χ0n) is 23.8. The highest BCUT2D eigenvalue weighted by atomic mass is 32.2. The van der Waals surface area contributed by atoms with Gasteiger partial charge in [-0.05, 0) is 56.2 Å². The van der Waals surface area contributed by atoms with Crippen molar-refractivity contribution in [2.24, 2.45) is 0 Å². The molecule has 2 aliphatic rings. The van der Waals surface area contributed by atoms with E-state index in [-0.39, 0.29) is 53.1 Å². The molecule has 0 unspecified atom stereocenters. The van der Waals surface area contributed by atoms with Crippen LogP contribution in [0.3, 0.4) is 0 Å². The third-order valence-electron chi connectivity index (χ3n) is 7.68. The number of hydrogen-bond donors (Lipinski definition) is 2. The lowest BCUT2D eigenvalue weighted by molar-refractivity contribution is -0.134. The first-order valence-corrected chi connectivity index (χ1v) is 15.3. The van der Waals surface area contributed by atoms with Gasteiger partial charge in [-0.2, -0.15) is 0 Å². The maximum absolute atomic E-state index is 13.5. The van der Waals surface area contributed by atoms with Crippen LogP contribution in [0.25, 0.3) is 0 Å². The van der Waals surface area contributed by atoms with Crippen LogP contribution in [0.4, 0.5) is 5.69 Å². The Labute approximate surface area is 246 Å². The van der Waals surface area contributed by atoms with Crippen molar-refractivity contribution < 1.29 is 32.2 Å². The summed E-state index contributed by atoms with van der Waals surface area (Å²) in [6, 6.07) is 18.4. The number of hydrogen-bond acceptors (Lipinski definition) is 7. The molecule has 5 rings (SSSR count). The van der Waals surface area contributed by atoms with E-state index in [9.17, 15) is 18.0 Å². The summed E-state index contributed by atoms with van der Waals surface area (Å²) >= 11 is 0. The molecule has 1 fully saturated rings. The van der Waals surface area contributed by atoms with E-state index < -0.39 is 16.1 Å². The standard InChI is InChI=1S/C31H35N3O7S/c1-20-8-12-24(13-9-20)42(37,38)33-22-10-15-28-25(16-22)31(36)34(2)26-14-11-23(41-29(26)19-40-28)17-30(35)32-18-21-6-4-5-7-27(21)39-3/h4-10,12-13,15-16,23,26,29,33H,11,14,17-19H2,1-3H3,(H,32,35)/t23-,26+,29-/m1/s1. The molecule has 2 heterocycles. The summed E-state index contributed by atoms with van der Waals surface area (Å²) in [5.74, 6) is 0.619. The number of nitrogens with zero attached hydrogens (tertiary/aromatic N) is 1. The van der Waals surface area contributed by atoms with Crippen molar-refractivity contribution in [1.29, 1.82) is 0 Å². The van der Waals surface area contributed by atoms with E-state index in [4.69, 9.17) is 14.2 Å². The second-order valence-corrected chi connectivity index (χ2v) is 12.3. The summed E-state index contributed by atoms with van der Waals surface area (Å²) in [6.07, 6.45) is 0.692. The molecular weight excluding hydrogens is 558 g/mol. The van der Waals surface area contributed by atoms with E-state index in [1.54, 1.807) is 43.3 Å². The molecule has 2 aliphatic heterocycles. The minimum absolute atomic E-state index is 0.129. The van der Waals surface area contributed by atoms with Crippen molar-refractivity contribution >= 4 is 27.5 Å². The number of para-hydroxylation sites is 1. The fourth-order valence-electron chi connectivity index (χ4n) is 5.34. The van der Waals surface area contributed by atoms with E-state index >= 15 is 0 Å². The Morgan fingerprint density at radius 1 is 1.07 bits per heavy atom. The fraction of sp³-hybridized carbons (Fsp3) is 0.355. The zero-order valence-corrected chi connectivity index (χ0v) is 24.6. The number of methoxy groups -OCH3 is 1. The van der Waals surface area contributed by atoms with E-state index in [1.807, 2.05) is 31.2 Å². The van der Waals surface area contributed by atoms with Crippen LogP contribution in [0.15, 0.2) is 71.6 Å². The summed E-state index contributed by atoms with van der Waals surface area (Å²) < 4.78 is 46.0. The molecule has 2 amide bonds. The predicted molar refractivity (Wildman–Crippen MR) is 157 cm³/mol. The number of anilines is 1. The summed E-state index contributed by atoms with van der Waals surface area (Å²) in [6.45, 7) is 2.41. The molecule has 3 atom stereocenters. The molecule has 0 aromatic heterocycles. The quantitative estimate of drug-likeness (QED) is 0.406. The second-order valence-electron chi connectivity index (χ2n) is 10.6. The van der Waals surface area contributed by atoms with Gasteiger partial charge in [-0.1, -0.05) is 35.9 Å². The van der Waals surface area contributed by atoms with Gasteiger partial charge in [0, 0.05) is 24.8 Å². The summed E-state index contributed by atoms with van der Waals surface area (Å²) in [4.78, 5) is 28.0. The Morgan fingerprint density at radius 3 is 2.60 bits per heavy atom. The van der Waals surface area contributed by atoms with Crippen LogP contribution in [-0.4, -0.2) is 64.1 Å². The monoisotopic (exact) mass is 593 g/mol. The molecule has 42 heavy (non-hydrogen) atoms. The number of amides is 2. The first-order valence-electron chi connectivity index (χ1n) is 13.8. The lowest BCUT2D eigenvalue weighted by Gasteiger charge is -2.42. The molecule has 0 saturated carbocycles. The number of benzene rings is 3. The van der Waals surface area contributed by atoms with Crippen molar-refractivity contribution in [3.63, 3.8) is 0 Å². The molecule has 0 aliphatic carbocycles. The molecule has 2 N–H and O–H groups in total. The fourth-order valence-corrected chi connectivity index (χ4v) is 6.39. The Morgan fingerprint density at radius 2 is 1.83 bits per heavy atom. The minimum atomic E-state index is -3.84. The highest BCUT2D eigenvalue weighted by molar-refractivity contribution is 7.92. The van der Waals surface area contributed by atoms with Gasteiger partial charge < -0.3 is 24.4 Å². The molecule has 0 bridgehead atoms. The Balaban J connectivity index is 1.23. The normalized spacial score (nSPS) is 20.3. The van der Waals surface area contributed by atoms with Crippen LogP contribution in [0, 0.1) is 6.92 Å². The third-order valence-corrected chi connectivity index (χ3v) is 9.07. The van der Waals surface area contributed by atoms with Crippen molar-refractivity contribution in [3.8, 4) is 11.5 Å². The van der Waals surface area contributed by atoms with E-state index in [2.05, 4.69) is 10.0 Å². The number of ether oxygens (including phenoxy) is 3. The summed E-state index contributed by atoms with van der Waals surface area (Å²) in [5, 5.41) is 2.93. The highest BCUT2D eigenvalue weighted by Crippen LogP contribution is 2.33. The number of aryl methyl sites for hydroxylation is 1. The van der Waals surface area contributed by atoms with Crippen LogP contribution < -0.4 is 19.5 Å². The highest BCUT2D eigenvalue weighted by Gasteiger charge is 2.39. The van der Waals surface area contributed by atoms with Crippen molar-refractivity contribution in [2.45, 2.75) is 55.9 Å².